The van der Waals surface area contributed by atoms with Crippen molar-refractivity contribution in [2.75, 3.05) is 13.2 Å². The second-order valence-corrected chi connectivity index (χ2v) is 5.91. The van der Waals surface area contributed by atoms with Gasteiger partial charge in [-0.1, -0.05) is 0 Å². The zero-order valence-electron chi connectivity index (χ0n) is 11.5. The fraction of sp³-hybridized carbons (Fsp3) is 0.923. The van der Waals surface area contributed by atoms with E-state index >= 15 is 0 Å². The van der Waals surface area contributed by atoms with Crippen molar-refractivity contribution in [3.63, 3.8) is 0 Å². The maximum Gasteiger partial charge on any atom is 0.248 e. The highest BCUT2D eigenvalue weighted by Gasteiger charge is 2.29. The lowest BCUT2D eigenvalue weighted by Gasteiger charge is -2.38. The van der Waals surface area contributed by atoms with E-state index in [1.165, 1.54) is 0 Å². The van der Waals surface area contributed by atoms with Crippen LogP contribution in [-0.2, 0) is 9.53 Å². The number of hydrogen-bond acceptors (Lipinski definition) is 3. The molecule has 100 valence electrons. The van der Waals surface area contributed by atoms with Crippen LogP contribution in [0.15, 0.2) is 0 Å². The van der Waals surface area contributed by atoms with E-state index < -0.39 is 0 Å². The van der Waals surface area contributed by atoms with E-state index in [0.717, 1.165) is 25.8 Å². The van der Waals surface area contributed by atoms with Gasteiger partial charge in [0.25, 0.3) is 0 Å². The molecule has 0 saturated carbocycles. The first-order chi connectivity index (χ1) is 7.81. The van der Waals surface area contributed by atoms with E-state index in [-0.39, 0.29) is 30.2 Å². The van der Waals surface area contributed by atoms with Crippen LogP contribution in [-0.4, -0.2) is 41.6 Å². The van der Waals surface area contributed by atoms with Crippen LogP contribution in [0.4, 0.5) is 0 Å². The molecule has 0 aromatic carbocycles. The van der Waals surface area contributed by atoms with E-state index in [4.69, 9.17) is 10.5 Å². The minimum absolute atomic E-state index is 0.0360. The molecule has 0 radical (unpaired) electrons. The van der Waals surface area contributed by atoms with Crippen LogP contribution in [0.5, 0.6) is 0 Å². The Morgan fingerprint density at radius 2 is 2.12 bits per heavy atom. The highest BCUT2D eigenvalue weighted by Crippen LogP contribution is 2.19. The topological polar surface area (TPSA) is 55.6 Å². The predicted molar refractivity (Wildman–Crippen MR) is 68.7 cm³/mol. The first-order valence-electron chi connectivity index (χ1n) is 6.50. The minimum Gasteiger partial charge on any atom is -0.366 e. The van der Waals surface area contributed by atoms with Gasteiger partial charge < -0.3 is 15.4 Å². The number of carbonyl (C=O) groups is 1. The van der Waals surface area contributed by atoms with Crippen molar-refractivity contribution in [2.45, 2.75) is 64.6 Å². The lowest BCUT2D eigenvalue weighted by molar-refractivity contribution is -0.145. The highest BCUT2D eigenvalue weighted by molar-refractivity contribution is 5.78. The van der Waals surface area contributed by atoms with E-state index in [2.05, 4.69) is 0 Å². The molecule has 1 rings (SSSR count). The molecule has 0 spiro atoms. The SMILES string of the molecule is CC(N)C1CCCCN1C(=O)COC(C)(C)C. The highest BCUT2D eigenvalue weighted by atomic mass is 16.5. The largest absolute Gasteiger partial charge is 0.366 e. The third-order valence-corrected chi connectivity index (χ3v) is 3.11. The zero-order valence-corrected chi connectivity index (χ0v) is 11.5. The third-order valence-electron chi connectivity index (χ3n) is 3.11. The van der Waals surface area contributed by atoms with Gasteiger partial charge in [-0.25, -0.2) is 0 Å². The summed E-state index contributed by atoms with van der Waals surface area (Å²) in [7, 11) is 0. The molecular weight excluding hydrogens is 216 g/mol. The Bertz CT molecular complexity index is 259. The molecule has 0 aromatic heterocycles. The number of ether oxygens (including phenoxy) is 1. The number of hydrogen-bond donors (Lipinski definition) is 1. The molecule has 0 bridgehead atoms. The van der Waals surface area contributed by atoms with Crippen molar-refractivity contribution in [1.29, 1.82) is 0 Å². The van der Waals surface area contributed by atoms with Gasteiger partial charge in [0.2, 0.25) is 5.91 Å². The molecule has 2 N–H and O–H groups in total. The molecule has 1 heterocycles. The van der Waals surface area contributed by atoms with Gasteiger partial charge >= 0.3 is 0 Å². The summed E-state index contributed by atoms with van der Waals surface area (Å²) in [6.45, 7) is 8.82. The second-order valence-electron chi connectivity index (χ2n) is 5.91. The first-order valence-corrected chi connectivity index (χ1v) is 6.50. The van der Waals surface area contributed by atoms with Crippen molar-refractivity contribution in [2.24, 2.45) is 5.73 Å². The number of piperidine rings is 1. The van der Waals surface area contributed by atoms with Crippen molar-refractivity contribution in [1.82, 2.24) is 4.90 Å². The number of nitrogens with zero attached hydrogens (tertiary/aromatic N) is 1. The summed E-state index contributed by atoms with van der Waals surface area (Å²) in [5.41, 5.74) is 5.67. The Hall–Kier alpha value is -0.610. The fourth-order valence-corrected chi connectivity index (χ4v) is 2.17. The quantitative estimate of drug-likeness (QED) is 0.816. The van der Waals surface area contributed by atoms with Gasteiger partial charge in [0, 0.05) is 18.6 Å². The monoisotopic (exact) mass is 242 g/mol. The Morgan fingerprint density at radius 3 is 2.65 bits per heavy atom. The predicted octanol–water partition coefficient (Wildman–Crippen LogP) is 1.53. The molecule has 0 aromatic rings. The van der Waals surface area contributed by atoms with Crippen LogP contribution in [0, 0.1) is 0 Å². The molecule has 0 aliphatic carbocycles. The van der Waals surface area contributed by atoms with E-state index in [9.17, 15) is 4.79 Å². The van der Waals surface area contributed by atoms with E-state index in [1.807, 2.05) is 32.6 Å². The molecule has 2 atom stereocenters. The molecule has 1 amide bonds. The molecule has 17 heavy (non-hydrogen) atoms. The third kappa shape index (κ3) is 4.64. The van der Waals surface area contributed by atoms with Gasteiger partial charge in [-0.3, -0.25) is 4.79 Å². The van der Waals surface area contributed by atoms with E-state index in [0.29, 0.717) is 0 Å². The average molecular weight is 242 g/mol. The number of amides is 1. The average Bonchev–Trinajstić information content (AvgIpc) is 2.25. The van der Waals surface area contributed by atoms with Gasteiger partial charge in [0.15, 0.2) is 0 Å². The van der Waals surface area contributed by atoms with E-state index in [1.54, 1.807) is 0 Å². The van der Waals surface area contributed by atoms with Crippen molar-refractivity contribution >= 4 is 5.91 Å². The van der Waals surface area contributed by atoms with Crippen LogP contribution < -0.4 is 5.73 Å². The summed E-state index contributed by atoms with van der Waals surface area (Å²) >= 11 is 0. The molecule has 4 nitrogen and oxygen atoms in total. The van der Waals surface area contributed by atoms with Gasteiger partial charge in [-0.2, -0.15) is 0 Å². The Morgan fingerprint density at radius 1 is 1.47 bits per heavy atom. The summed E-state index contributed by atoms with van der Waals surface area (Å²) in [6.07, 6.45) is 3.25. The van der Waals surface area contributed by atoms with Crippen LogP contribution >= 0.6 is 0 Å². The van der Waals surface area contributed by atoms with Gasteiger partial charge in [-0.15, -0.1) is 0 Å². The molecule has 2 unspecified atom stereocenters. The Kier molecular flexibility index (Phi) is 4.95. The molecular formula is C13H26N2O2. The van der Waals surface area contributed by atoms with Gasteiger partial charge in [0.05, 0.1) is 5.60 Å². The molecule has 4 heteroatoms. The summed E-state index contributed by atoms with van der Waals surface area (Å²) in [6, 6.07) is 0.216. The lowest BCUT2D eigenvalue weighted by atomic mass is 9.97. The number of nitrogens with two attached hydrogens (primary N) is 1. The van der Waals surface area contributed by atoms with Gasteiger partial charge in [0.1, 0.15) is 6.61 Å². The lowest BCUT2D eigenvalue weighted by Crippen LogP contribution is -2.53. The second kappa shape index (κ2) is 5.83. The molecule has 1 aliphatic rings. The number of carbonyl (C=O) groups excluding carboxylic acids is 1. The van der Waals surface area contributed by atoms with Crippen molar-refractivity contribution in [3.05, 3.63) is 0 Å². The van der Waals surface area contributed by atoms with Crippen molar-refractivity contribution in [3.8, 4) is 0 Å². The van der Waals surface area contributed by atoms with Crippen LogP contribution in [0.1, 0.15) is 47.0 Å². The van der Waals surface area contributed by atoms with Crippen LogP contribution in [0.3, 0.4) is 0 Å². The molecule has 1 saturated heterocycles. The Balaban J connectivity index is 2.53. The standard InChI is InChI=1S/C13H26N2O2/c1-10(14)11-7-5-6-8-15(11)12(16)9-17-13(2,3)4/h10-11H,5-9,14H2,1-4H3. The smallest absolute Gasteiger partial charge is 0.248 e. The zero-order chi connectivity index (χ0) is 13.1. The minimum atomic E-state index is -0.269. The normalized spacial score (nSPS) is 23.6. The molecule has 1 aliphatic heterocycles. The Labute approximate surface area is 104 Å². The number of rotatable bonds is 3. The first kappa shape index (κ1) is 14.5. The molecule has 1 fully saturated rings. The fourth-order valence-electron chi connectivity index (χ4n) is 2.17. The summed E-state index contributed by atoms with van der Waals surface area (Å²) in [4.78, 5) is 14.0. The maximum absolute atomic E-state index is 12.1. The summed E-state index contributed by atoms with van der Waals surface area (Å²) in [5.74, 6) is 0.0712. The summed E-state index contributed by atoms with van der Waals surface area (Å²) in [5, 5.41) is 0. The van der Waals surface area contributed by atoms with Gasteiger partial charge in [-0.05, 0) is 47.0 Å². The van der Waals surface area contributed by atoms with Crippen LogP contribution in [0.2, 0.25) is 0 Å². The maximum atomic E-state index is 12.1. The summed E-state index contributed by atoms with van der Waals surface area (Å²) < 4.78 is 5.54. The van der Waals surface area contributed by atoms with Crippen LogP contribution in [0.25, 0.3) is 0 Å². The number of likely N-dealkylation sites (tertiary alicyclic amines) is 1. The van der Waals surface area contributed by atoms with Crippen molar-refractivity contribution < 1.29 is 9.53 Å².